The van der Waals surface area contributed by atoms with Crippen LogP contribution >= 0.6 is 23.1 Å². The topological polar surface area (TPSA) is 117 Å². The summed E-state index contributed by atoms with van der Waals surface area (Å²) in [6.07, 6.45) is 0.875. The predicted molar refractivity (Wildman–Crippen MR) is 124 cm³/mol. The number of hydrogen-bond acceptors (Lipinski definition) is 10. The minimum atomic E-state index is -4.47. The van der Waals surface area contributed by atoms with Crippen LogP contribution in [0.25, 0.3) is 0 Å². The first kappa shape index (κ1) is 27.6. The average Bonchev–Trinajstić information content (AvgIpc) is 3.09. The summed E-state index contributed by atoms with van der Waals surface area (Å²) >= 11 is 3.03. The molecule has 1 aliphatic rings. The number of hydrogen-bond donors (Lipinski definition) is 1. The molecule has 0 amide bonds. The molecule has 0 saturated carbocycles. The van der Waals surface area contributed by atoms with Crippen molar-refractivity contribution < 1.29 is 46.7 Å². The second-order valence-corrected chi connectivity index (χ2v) is 11.6. The molecule has 170 valence electrons. The molecule has 3 rings (SSSR count). The van der Waals surface area contributed by atoms with Gasteiger partial charge >= 0.3 is 40.0 Å². The van der Waals surface area contributed by atoms with Crippen LogP contribution in [0, 0.1) is 6.92 Å². The molecule has 0 spiro atoms. The molecular weight excluding hydrogens is 481 g/mol. The fourth-order valence-electron chi connectivity index (χ4n) is 3.91. The summed E-state index contributed by atoms with van der Waals surface area (Å²) in [4.78, 5) is 2.13. The molecule has 1 unspecified atom stereocenters. The molecule has 0 aliphatic carbocycles. The van der Waals surface area contributed by atoms with Gasteiger partial charge in [0.15, 0.2) is 4.34 Å². The van der Waals surface area contributed by atoms with E-state index in [1.54, 1.807) is 11.8 Å². The summed E-state index contributed by atoms with van der Waals surface area (Å²) in [6, 6.07) is 4.08. The van der Waals surface area contributed by atoms with Crippen molar-refractivity contribution in [3.63, 3.8) is 0 Å². The van der Waals surface area contributed by atoms with Gasteiger partial charge in [-0.3, -0.25) is 4.55 Å². The van der Waals surface area contributed by atoms with E-state index in [-0.39, 0.29) is 47.6 Å². The average molecular weight is 509 g/mol. The normalized spacial score (nSPS) is 17.9. The van der Waals surface area contributed by atoms with Gasteiger partial charge in [-0.15, -0.1) is 20.4 Å². The number of nitrogens with zero attached hydrogens (tertiary/aromatic N) is 5. The quantitative estimate of drug-likeness (QED) is 0.250. The van der Waals surface area contributed by atoms with E-state index in [2.05, 4.69) is 57.2 Å². The number of rotatable bonds is 8. The van der Waals surface area contributed by atoms with Crippen LogP contribution in [0.2, 0.25) is 0 Å². The van der Waals surface area contributed by atoms with Gasteiger partial charge in [0.25, 0.3) is 5.13 Å². The van der Waals surface area contributed by atoms with Crippen LogP contribution in [0.5, 0.6) is 0 Å². The Morgan fingerprint density at radius 3 is 2.72 bits per heavy atom. The molecule has 1 atom stereocenters. The first-order chi connectivity index (χ1) is 14.5. The smallest absolute Gasteiger partial charge is 0.364 e. The summed E-state index contributed by atoms with van der Waals surface area (Å²) in [7, 11) is -4.47. The number of fused-ring (bicyclic) bond motifs is 1. The van der Waals surface area contributed by atoms with Crippen molar-refractivity contribution in [2.75, 3.05) is 23.8 Å². The van der Waals surface area contributed by atoms with E-state index in [1.165, 1.54) is 11.3 Å². The van der Waals surface area contributed by atoms with Crippen LogP contribution in [0.3, 0.4) is 0 Å². The van der Waals surface area contributed by atoms with E-state index in [9.17, 15) is 8.42 Å². The Morgan fingerprint density at radius 1 is 1.34 bits per heavy atom. The molecule has 2 aromatic rings. The van der Waals surface area contributed by atoms with Crippen LogP contribution in [-0.4, -0.2) is 47.6 Å². The molecule has 1 aromatic heterocycles. The van der Waals surface area contributed by atoms with Crippen molar-refractivity contribution in [1.29, 1.82) is 0 Å². The number of benzene rings is 1. The Morgan fingerprint density at radius 2 is 2.06 bits per heavy atom. The fraction of sp³-hybridized carbons (Fsp3) is 0.579. The molecule has 0 radical (unpaired) electrons. The molecular formula is C19H27N5NaO4S3+. The first-order valence-corrected chi connectivity index (χ1v) is 13.1. The van der Waals surface area contributed by atoms with E-state index in [4.69, 9.17) is 4.55 Å². The fourth-order valence-corrected chi connectivity index (χ4v) is 5.75. The van der Waals surface area contributed by atoms with Crippen LogP contribution in [-0.2, 0) is 14.6 Å². The minimum absolute atomic E-state index is 0. The van der Waals surface area contributed by atoms with Crippen LogP contribution in [0.1, 0.15) is 51.2 Å². The van der Waals surface area contributed by atoms with Gasteiger partial charge in [-0.1, -0.05) is 36.9 Å². The predicted octanol–water partition coefficient (Wildman–Crippen LogP) is 2.29. The zero-order chi connectivity index (χ0) is 22.8. The number of anilines is 1. The standard InChI is InChI=1S/C19H27N5O4S3.Na/c1-6-29-18-23-22-17(30-18)21-20-15-10-14-13(3)11-19(4,5)24(16(14)9-12(15)2)7-8-28-31(25,26)27;/h9-10,13H,6-8,11H2,1-5H3,(H,25,26,27);/q;+1. The second kappa shape index (κ2) is 11.2. The Kier molecular flexibility index (Phi) is 9.69. The van der Waals surface area contributed by atoms with Gasteiger partial charge in [0, 0.05) is 17.8 Å². The maximum absolute atomic E-state index is 10.9. The van der Waals surface area contributed by atoms with E-state index >= 15 is 0 Å². The van der Waals surface area contributed by atoms with Crippen LogP contribution in [0.15, 0.2) is 26.7 Å². The second-order valence-electron chi connectivity index (χ2n) is 8.00. The molecule has 1 aromatic carbocycles. The summed E-state index contributed by atoms with van der Waals surface area (Å²) in [5, 5.41) is 17.4. The number of thioether (sulfide) groups is 1. The summed E-state index contributed by atoms with van der Waals surface area (Å²) in [5.41, 5.74) is 3.63. The third-order valence-electron chi connectivity index (χ3n) is 5.16. The van der Waals surface area contributed by atoms with Crippen molar-refractivity contribution in [2.45, 2.75) is 56.8 Å². The Labute approximate surface area is 219 Å². The third-order valence-corrected chi connectivity index (χ3v) is 7.44. The maximum atomic E-state index is 10.9. The van der Waals surface area contributed by atoms with Gasteiger partial charge in [0.1, 0.15) is 0 Å². The van der Waals surface area contributed by atoms with Crippen molar-refractivity contribution in [3.05, 3.63) is 23.3 Å². The zero-order valence-electron chi connectivity index (χ0n) is 19.2. The molecule has 32 heavy (non-hydrogen) atoms. The van der Waals surface area contributed by atoms with E-state index < -0.39 is 10.4 Å². The summed E-state index contributed by atoms with van der Waals surface area (Å²) < 4.78 is 36.2. The maximum Gasteiger partial charge on any atom is 1.00 e. The Balaban J connectivity index is 0.00000363. The number of azo groups is 1. The van der Waals surface area contributed by atoms with Gasteiger partial charge in [-0.25, -0.2) is 4.18 Å². The molecule has 0 fully saturated rings. The summed E-state index contributed by atoms with van der Waals surface area (Å²) in [5.74, 6) is 1.21. The number of aromatic nitrogens is 2. The molecule has 9 nitrogen and oxygen atoms in total. The Hall–Kier alpha value is -0.600. The molecule has 2 heterocycles. The SMILES string of the molecule is CCSc1nnc(N=Nc2cc3c(cc2C)N(CCOS(=O)(=O)O)C(C)(C)CC3C)s1.[Na+]. The van der Waals surface area contributed by atoms with Gasteiger partial charge in [0.2, 0.25) is 0 Å². The monoisotopic (exact) mass is 508 g/mol. The summed E-state index contributed by atoms with van der Waals surface area (Å²) in [6.45, 7) is 10.6. The van der Waals surface area contributed by atoms with E-state index in [1.807, 2.05) is 19.1 Å². The third kappa shape index (κ3) is 6.95. The van der Waals surface area contributed by atoms with Gasteiger partial charge < -0.3 is 4.90 Å². The Bertz CT molecular complexity index is 1070. The van der Waals surface area contributed by atoms with Crippen molar-refractivity contribution in [3.8, 4) is 0 Å². The molecule has 0 bridgehead atoms. The van der Waals surface area contributed by atoms with Crippen molar-refractivity contribution in [2.24, 2.45) is 10.2 Å². The van der Waals surface area contributed by atoms with E-state index in [0.29, 0.717) is 11.7 Å². The molecule has 13 heteroatoms. The number of aryl methyl sites for hydroxylation is 1. The largest absolute Gasteiger partial charge is 1.00 e. The molecule has 0 saturated heterocycles. The van der Waals surface area contributed by atoms with Gasteiger partial charge in [-0.05, 0) is 62.1 Å². The van der Waals surface area contributed by atoms with Crippen LogP contribution in [0.4, 0.5) is 16.5 Å². The molecule has 1 N–H and O–H groups in total. The van der Waals surface area contributed by atoms with Gasteiger partial charge in [-0.2, -0.15) is 8.42 Å². The van der Waals surface area contributed by atoms with E-state index in [0.717, 1.165) is 39.0 Å². The van der Waals surface area contributed by atoms with Crippen molar-refractivity contribution in [1.82, 2.24) is 10.2 Å². The van der Waals surface area contributed by atoms with Crippen molar-refractivity contribution >= 4 is 50.0 Å². The van der Waals surface area contributed by atoms with Gasteiger partial charge in [0.05, 0.1) is 12.3 Å². The zero-order valence-corrected chi connectivity index (χ0v) is 23.6. The first-order valence-electron chi connectivity index (χ1n) is 9.92. The minimum Gasteiger partial charge on any atom is -0.364 e. The molecule has 1 aliphatic heterocycles. The van der Waals surface area contributed by atoms with Crippen LogP contribution < -0.4 is 34.5 Å².